The van der Waals surface area contributed by atoms with Gasteiger partial charge in [-0.2, -0.15) is 0 Å². The van der Waals surface area contributed by atoms with Gasteiger partial charge in [0.15, 0.2) is 0 Å². The minimum Gasteiger partial charge on any atom is -0.279 e. The van der Waals surface area contributed by atoms with Crippen molar-refractivity contribution in [2.75, 3.05) is 4.72 Å². The van der Waals surface area contributed by atoms with Crippen LogP contribution in [-0.4, -0.2) is 13.4 Å². The largest absolute Gasteiger partial charge is 0.279 e. The van der Waals surface area contributed by atoms with Crippen LogP contribution in [0.2, 0.25) is 0 Å². The number of nitrogens with one attached hydrogen (secondary N) is 1. The lowest BCUT2D eigenvalue weighted by atomic mass is 10.2. The summed E-state index contributed by atoms with van der Waals surface area (Å²) in [5, 5.41) is 2.56. The Balaban J connectivity index is 1.89. The van der Waals surface area contributed by atoms with Crippen LogP contribution < -0.4 is 4.72 Å². The van der Waals surface area contributed by atoms with Crippen molar-refractivity contribution in [3.63, 3.8) is 0 Å². The highest BCUT2D eigenvalue weighted by atomic mass is 32.2. The number of thiazole rings is 1. The second kappa shape index (κ2) is 6.27. The van der Waals surface area contributed by atoms with Gasteiger partial charge < -0.3 is 0 Å². The number of hydrogen-bond donors (Lipinski definition) is 1. The summed E-state index contributed by atoms with van der Waals surface area (Å²) in [6.45, 7) is 5.53. The van der Waals surface area contributed by atoms with E-state index in [9.17, 15) is 12.8 Å². The number of benzene rings is 1. The molecule has 24 heavy (non-hydrogen) atoms. The van der Waals surface area contributed by atoms with E-state index in [-0.39, 0.29) is 9.90 Å². The van der Waals surface area contributed by atoms with E-state index in [2.05, 4.69) is 9.71 Å². The van der Waals surface area contributed by atoms with E-state index in [4.69, 9.17) is 0 Å². The summed E-state index contributed by atoms with van der Waals surface area (Å²) in [7, 11) is -3.75. The Morgan fingerprint density at radius 1 is 1.17 bits per heavy atom. The first kappa shape index (κ1) is 17.1. The molecule has 2 aromatic heterocycles. The van der Waals surface area contributed by atoms with Crippen LogP contribution in [0.5, 0.6) is 0 Å². The summed E-state index contributed by atoms with van der Waals surface area (Å²) >= 11 is 2.65. The van der Waals surface area contributed by atoms with Gasteiger partial charge in [-0.15, -0.1) is 22.7 Å². The van der Waals surface area contributed by atoms with Gasteiger partial charge in [0.25, 0.3) is 10.0 Å². The van der Waals surface area contributed by atoms with Crippen molar-refractivity contribution in [2.24, 2.45) is 0 Å². The SMILES string of the molecule is Cc1ccc(NS(=O)(=O)c2cc(-c3nc(C)c(C)s3)cs2)cc1F. The van der Waals surface area contributed by atoms with E-state index in [1.807, 2.05) is 13.8 Å². The molecule has 0 amide bonds. The Kier molecular flexibility index (Phi) is 4.46. The van der Waals surface area contributed by atoms with E-state index in [1.165, 1.54) is 29.5 Å². The van der Waals surface area contributed by atoms with E-state index < -0.39 is 15.8 Å². The average Bonchev–Trinajstić information content (AvgIpc) is 3.11. The predicted octanol–water partition coefficient (Wildman–Crippen LogP) is 4.74. The molecule has 2 heterocycles. The second-order valence-electron chi connectivity index (χ2n) is 5.38. The number of anilines is 1. The smallest absolute Gasteiger partial charge is 0.271 e. The van der Waals surface area contributed by atoms with Crippen LogP contribution in [0.1, 0.15) is 16.1 Å². The first-order valence-corrected chi connectivity index (χ1v) is 10.3. The van der Waals surface area contributed by atoms with Crippen molar-refractivity contribution in [3.8, 4) is 10.6 Å². The lowest BCUT2D eigenvalue weighted by Gasteiger charge is -2.07. The molecule has 8 heteroatoms. The molecule has 0 spiro atoms. The fraction of sp³-hybridized carbons (Fsp3) is 0.188. The number of aryl methyl sites for hydroxylation is 3. The zero-order chi connectivity index (χ0) is 17.5. The Labute approximate surface area is 148 Å². The number of halogens is 1. The molecule has 0 radical (unpaired) electrons. The number of thiophene rings is 1. The van der Waals surface area contributed by atoms with Crippen LogP contribution in [0.15, 0.2) is 33.9 Å². The zero-order valence-corrected chi connectivity index (χ0v) is 15.7. The Morgan fingerprint density at radius 2 is 1.92 bits per heavy atom. The molecule has 0 aliphatic heterocycles. The first-order chi connectivity index (χ1) is 11.3. The fourth-order valence-electron chi connectivity index (χ4n) is 2.03. The quantitative estimate of drug-likeness (QED) is 0.709. The van der Waals surface area contributed by atoms with Gasteiger partial charge in [0.2, 0.25) is 0 Å². The maximum Gasteiger partial charge on any atom is 0.271 e. The van der Waals surface area contributed by atoms with Gasteiger partial charge in [-0.25, -0.2) is 17.8 Å². The molecule has 3 rings (SSSR count). The molecule has 1 aromatic carbocycles. The van der Waals surface area contributed by atoms with Crippen molar-refractivity contribution < 1.29 is 12.8 Å². The molecule has 0 fully saturated rings. The van der Waals surface area contributed by atoms with Gasteiger partial charge >= 0.3 is 0 Å². The molecule has 1 N–H and O–H groups in total. The van der Waals surface area contributed by atoms with Crippen molar-refractivity contribution in [3.05, 3.63) is 51.6 Å². The molecule has 0 saturated heterocycles. The summed E-state index contributed by atoms with van der Waals surface area (Å²) < 4.78 is 41.1. The highest BCUT2D eigenvalue weighted by Gasteiger charge is 2.19. The second-order valence-corrected chi connectivity index (χ2v) is 9.41. The highest BCUT2D eigenvalue weighted by molar-refractivity contribution is 7.94. The number of nitrogens with zero attached hydrogens (tertiary/aromatic N) is 1. The topological polar surface area (TPSA) is 59.1 Å². The summed E-state index contributed by atoms with van der Waals surface area (Å²) in [5.41, 5.74) is 2.38. The molecule has 0 aliphatic rings. The van der Waals surface area contributed by atoms with E-state index in [0.717, 1.165) is 32.5 Å². The fourth-order valence-corrected chi connectivity index (χ4v) is 5.22. The summed E-state index contributed by atoms with van der Waals surface area (Å²) in [5.74, 6) is -0.448. The Hall–Kier alpha value is -1.77. The standard InChI is InChI=1S/C16H15FN2O2S3/c1-9-4-5-13(7-14(9)17)19-24(20,21)15-6-12(8-22-15)16-18-10(2)11(3)23-16/h4-8,19H,1-3H3. The highest BCUT2D eigenvalue weighted by Crippen LogP contribution is 2.33. The minimum absolute atomic E-state index is 0.170. The predicted molar refractivity (Wildman–Crippen MR) is 96.8 cm³/mol. The van der Waals surface area contributed by atoms with Crippen molar-refractivity contribution in [1.82, 2.24) is 4.98 Å². The van der Waals surface area contributed by atoms with Crippen molar-refractivity contribution >= 4 is 38.4 Å². The molecule has 0 aliphatic carbocycles. The van der Waals surface area contributed by atoms with Crippen LogP contribution in [0, 0.1) is 26.6 Å². The monoisotopic (exact) mass is 382 g/mol. The van der Waals surface area contributed by atoms with Gasteiger partial charge in [0, 0.05) is 15.8 Å². The van der Waals surface area contributed by atoms with Crippen molar-refractivity contribution in [2.45, 2.75) is 25.0 Å². The number of aromatic nitrogens is 1. The van der Waals surface area contributed by atoms with E-state index in [0.29, 0.717) is 5.56 Å². The van der Waals surface area contributed by atoms with Gasteiger partial charge in [-0.1, -0.05) is 6.07 Å². The molecule has 0 unspecified atom stereocenters. The van der Waals surface area contributed by atoms with Crippen LogP contribution >= 0.6 is 22.7 Å². The number of hydrogen-bond acceptors (Lipinski definition) is 5. The van der Waals surface area contributed by atoms with Crippen LogP contribution in [0.4, 0.5) is 10.1 Å². The Bertz CT molecular complexity index is 987. The first-order valence-electron chi connectivity index (χ1n) is 7.08. The van der Waals surface area contributed by atoms with Crippen LogP contribution in [0.25, 0.3) is 10.6 Å². The van der Waals surface area contributed by atoms with Gasteiger partial charge in [0.1, 0.15) is 15.0 Å². The van der Waals surface area contributed by atoms with E-state index in [1.54, 1.807) is 18.4 Å². The lowest BCUT2D eigenvalue weighted by molar-refractivity contribution is 0.603. The summed E-state index contributed by atoms with van der Waals surface area (Å²) in [4.78, 5) is 5.55. The summed E-state index contributed by atoms with van der Waals surface area (Å²) in [6, 6.07) is 5.84. The van der Waals surface area contributed by atoms with E-state index >= 15 is 0 Å². The minimum atomic E-state index is -3.75. The molecule has 3 aromatic rings. The Morgan fingerprint density at radius 3 is 2.54 bits per heavy atom. The average molecular weight is 383 g/mol. The van der Waals surface area contributed by atoms with Gasteiger partial charge in [0.05, 0.1) is 11.4 Å². The third-order valence-corrected chi connectivity index (χ3v) is 7.48. The van der Waals surface area contributed by atoms with Crippen LogP contribution in [0.3, 0.4) is 0 Å². The normalized spacial score (nSPS) is 11.7. The number of rotatable bonds is 4. The maximum absolute atomic E-state index is 13.6. The van der Waals surface area contributed by atoms with Gasteiger partial charge in [-0.3, -0.25) is 4.72 Å². The van der Waals surface area contributed by atoms with Crippen molar-refractivity contribution in [1.29, 1.82) is 0 Å². The molecule has 0 saturated carbocycles. The maximum atomic E-state index is 13.6. The third-order valence-electron chi connectivity index (χ3n) is 3.54. The molecular weight excluding hydrogens is 367 g/mol. The van der Waals surface area contributed by atoms with Gasteiger partial charge in [-0.05, 0) is 44.5 Å². The lowest BCUT2D eigenvalue weighted by Crippen LogP contribution is -2.11. The summed E-state index contributed by atoms with van der Waals surface area (Å²) in [6.07, 6.45) is 0. The number of sulfonamides is 1. The zero-order valence-electron chi connectivity index (χ0n) is 13.3. The third kappa shape index (κ3) is 3.35. The molecule has 0 atom stereocenters. The molecular formula is C16H15FN2O2S3. The molecule has 126 valence electrons. The molecule has 0 bridgehead atoms. The molecule has 4 nitrogen and oxygen atoms in total. The van der Waals surface area contributed by atoms with Crippen LogP contribution in [-0.2, 0) is 10.0 Å².